The Morgan fingerprint density at radius 1 is 1.43 bits per heavy atom. The zero-order chi connectivity index (χ0) is 10.3. The number of nitro groups is 1. The number of halogens is 1. The van der Waals surface area contributed by atoms with Crippen LogP contribution in [0, 0.1) is 13.7 Å². The van der Waals surface area contributed by atoms with Gasteiger partial charge in [-0.15, -0.1) is 12.6 Å². The molecular formula is C8H4INO2S2. The second-order valence-corrected chi connectivity index (χ2v) is 5.47. The van der Waals surface area contributed by atoms with Crippen molar-refractivity contribution in [1.29, 1.82) is 0 Å². The van der Waals surface area contributed by atoms with Gasteiger partial charge < -0.3 is 0 Å². The molecule has 0 radical (unpaired) electrons. The highest BCUT2D eigenvalue weighted by molar-refractivity contribution is 14.1. The van der Waals surface area contributed by atoms with Crippen molar-refractivity contribution in [3.05, 3.63) is 31.9 Å². The Kier molecular flexibility index (Phi) is 2.67. The van der Waals surface area contributed by atoms with Crippen LogP contribution in [0.15, 0.2) is 23.1 Å². The third kappa shape index (κ3) is 1.73. The number of thiol groups is 1. The van der Waals surface area contributed by atoms with E-state index < -0.39 is 0 Å². The molecule has 0 aliphatic rings. The van der Waals surface area contributed by atoms with Gasteiger partial charge in [-0.1, -0.05) is 11.3 Å². The van der Waals surface area contributed by atoms with E-state index in [1.165, 1.54) is 11.3 Å². The molecule has 2 aromatic rings. The highest BCUT2D eigenvalue weighted by Gasteiger charge is 2.13. The van der Waals surface area contributed by atoms with Crippen LogP contribution in [0.5, 0.6) is 0 Å². The van der Waals surface area contributed by atoms with E-state index in [1.54, 1.807) is 6.07 Å². The van der Waals surface area contributed by atoms with Gasteiger partial charge in [-0.25, -0.2) is 0 Å². The van der Waals surface area contributed by atoms with Gasteiger partial charge >= 0.3 is 5.00 Å². The summed E-state index contributed by atoms with van der Waals surface area (Å²) in [5.41, 5.74) is 0. The fourth-order valence-corrected chi connectivity index (χ4v) is 3.59. The predicted octanol–water partition coefficient (Wildman–Crippen LogP) is 3.70. The van der Waals surface area contributed by atoms with E-state index in [-0.39, 0.29) is 9.92 Å². The largest absolute Gasteiger partial charge is 0.325 e. The van der Waals surface area contributed by atoms with Crippen LogP contribution >= 0.6 is 46.6 Å². The molecule has 0 unspecified atom stereocenters. The first-order valence-electron chi connectivity index (χ1n) is 3.64. The Hall–Kier alpha value is -0.340. The fourth-order valence-electron chi connectivity index (χ4n) is 1.16. The van der Waals surface area contributed by atoms with Gasteiger partial charge in [-0.3, -0.25) is 10.1 Å². The van der Waals surface area contributed by atoms with Crippen molar-refractivity contribution >= 4 is 61.6 Å². The molecule has 72 valence electrons. The van der Waals surface area contributed by atoms with Gasteiger partial charge in [-0.2, -0.15) is 0 Å². The number of hydrogen-bond donors (Lipinski definition) is 1. The van der Waals surface area contributed by atoms with Crippen LogP contribution in [-0.4, -0.2) is 4.92 Å². The summed E-state index contributed by atoms with van der Waals surface area (Å²) in [7, 11) is 0. The third-order valence-corrected chi connectivity index (χ3v) is 3.77. The lowest BCUT2D eigenvalue weighted by atomic mass is 10.3. The number of hydrogen-bond acceptors (Lipinski definition) is 4. The van der Waals surface area contributed by atoms with Gasteiger partial charge in [0.05, 0.1) is 4.92 Å². The van der Waals surface area contributed by atoms with Gasteiger partial charge in [0.15, 0.2) is 0 Å². The summed E-state index contributed by atoms with van der Waals surface area (Å²) in [6, 6.07) is 5.38. The SMILES string of the molecule is O=[N+]([O-])c1cc2c(S)cc(I)cc2s1. The average Bonchev–Trinajstić information content (AvgIpc) is 2.47. The summed E-state index contributed by atoms with van der Waals surface area (Å²) in [5, 5.41) is 11.6. The zero-order valence-corrected chi connectivity index (χ0v) is 10.6. The first kappa shape index (κ1) is 10.2. The minimum absolute atomic E-state index is 0.164. The van der Waals surface area contributed by atoms with Crippen molar-refractivity contribution in [3.63, 3.8) is 0 Å². The number of benzene rings is 1. The zero-order valence-electron chi connectivity index (χ0n) is 6.73. The van der Waals surface area contributed by atoms with Crippen molar-refractivity contribution in [2.75, 3.05) is 0 Å². The van der Waals surface area contributed by atoms with E-state index >= 15 is 0 Å². The molecule has 0 N–H and O–H groups in total. The molecule has 0 saturated heterocycles. The number of rotatable bonds is 1. The van der Waals surface area contributed by atoms with Crippen LogP contribution in [-0.2, 0) is 0 Å². The average molecular weight is 337 g/mol. The Labute approximate surface area is 103 Å². The van der Waals surface area contributed by atoms with E-state index in [2.05, 4.69) is 35.2 Å². The van der Waals surface area contributed by atoms with Gasteiger partial charge in [0.2, 0.25) is 0 Å². The Morgan fingerprint density at radius 3 is 2.79 bits per heavy atom. The Balaban J connectivity index is 2.76. The van der Waals surface area contributed by atoms with E-state index in [9.17, 15) is 10.1 Å². The van der Waals surface area contributed by atoms with Crippen LogP contribution in [0.4, 0.5) is 5.00 Å². The molecule has 3 nitrogen and oxygen atoms in total. The summed E-state index contributed by atoms with van der Waals surface area (Å²) in [6.45, 7) is 0. The van der Waals surface area contributed by atoms with E-state index in [1.807, 2.05) is 12.1 Å². The van der Waals surface area contributed by atoms with E-state index in [0.29, 0.717) is 0 Å². The summed E-state index contributed by atoms with van der Waals surface area (Å²) in [5.74, 6) is 0. The summed E-state index contributed by atoms with van der Waals surface area (Å²) >= 11 is 7.63. The summed E-state index contributed by atoms with van der Waals surface area (Å²) in [6.07, 6.45) is 0. The molecule has 0 fully saturated rings. The normalized spacial score (nSPS) is 10.7. The molecule has 2 rings (SSSR count). The molecule has 1 aromatic carbocycles. The van der Waals surface area contributed by atoms with Gasteiger partial charge in [-0.05, 0) is 34.7 Å². The predicted molar refractivity (Wildman–Crippen MR) is 68.4 cm³/mol. The maximum atomic E-state index is 10.6. The van der Waals surface area contributed by atoms with E-state index in [4.69, 9.17) is 0 Å². The topological polar surface area (TPSA) is 43.1 Å². The monoisotopic (exact) mass is 337 g/mol. The molecule has 1 aromatic heterocycles. The molecule has 0 saturated carbocycles. The third-order valence-electron chi connectivity index (χ3n) is 1.75. The molecule has 0 aliphatic heterocycles. The quantitative estimate of drug-likeness (QED) is 0.373. The second kappa shape index (κ2) is 3.67. The van der Waals surface area contributed by atoms with Gasteiger partial charge in [0, 0.05) is 24.6 Å². The van der Waals surface area contributed by atoms with Crippen LogP contribution in [0.3, 0.4) is 0 Å². The highest BCUT2D eigenvalue weighted by Crippen LogP contribution is 2.35. The van der Waals surface area contributed by atoms with Crippen molar-refractivity contribution in [2.45, 2.75) is 4.90 Å². The van der Waals surface area contributed by atoms with Crippen molar-refractivity contribution in [3.8, 4) is 0 Å². The smallest absolute Gasteiger partial charge is 0.258 e. The maximum absolute atomic E-state index is 10.6. The van der Waals surface area contributed by atoms with Crippen molar-refractivity contribution in [1.82, 2.24) is 0 Å². The van der Waals surface area contributed by atoms with Crippen LogP contribution in [0.2, 0.25) is 0 Å². The molecule has 14 heavy (non-hydrogen) atoms. The Bertz CT molecular complexity index is 523. The second-order valence-electron chi connectivity index (χ2n) is 2.68. The lowest BCUT2D eigenvalue weighted by Gasteiger charge is -1.94. The van der Waals surface area contributed by atoms with Crippen molar-refractivity contribution < 1.29 is 4.92 Å². The molecule has 0 atom stereocenters. The first-order valence-corrected chi connectivity index (χ1v) is 5.98. The lowest BCUT2D eigenvalue weighted by molar-refractivity contribution is -0.380. The molecule has 0 spiro atoms. The minimum Gasteiger partial charge on any atom is -0.258 e. The van der Waals surface area contributed by atoms with Gasteiger partial charge in [0.1, 0.15) is 0 Å². The molecule has 1 heterocycles. The number of nitrogens with zero attached hydrogens (tertiary/aromatic N) is 1. The number of fused-ring (bicyclic) bond motifs is 1. The lowest BCUT2D eigenvalue weighted by Crippen LogP contribution is -1.80. The maximum Gasteiger partial charge on any atom is 0.325 e. The Morgan fingerprint density at radius 2 is 2.14 bits per heavy atom. The molecule has 0 bridgehead atoms. The first-order chi connectivity index (χ1) is 6.58. The van der Waals surface area contributed by atoms with Gasteiger partial charge in [0.25, 0.3) is 0 Å². The fraction of sp³-hybridized carbons (Fsp3) is 0. The summed E-state index contributed by atoms with van der Waals surface area (Å²) < 4.78 is 1.95. The molecule has 0 aliphatic carbocycles. The van der Waals surface area contributed by atoms with Crippen LogP contribution < -0.4 is 0 Å². The highest BCUT2D eigenvalue weighted by atomic mass is 127. The van der Waals surface area contributed by atoms with Crippen LogP contribution in [0.25, 0.3) is 10.1 Å². The standard InChI is InChI=1S/C8H4INO2S2/c9-4-1-6(13)5-3-8(10(11)12)14-7(5)2-4/h1-3,13H. The molecular weight excluding hydrogens is 333 g/mol. The minimum atomic E-state index is -0.370. The molecule has 0 amide bonds. The van der Waals surface area contributed by atoms with Crippen LogP contribution in [0.1, 0.15) is 0 Å². The molecule has 6 heteroatoms. The van der Waals surface area contributed by atoms with Crippen molar-refractivity contribution in [2.24, 2.45) is 0 Å². The summed E-state index contributed by atoms with van der Waals surface area (Å²) in [4.78, 5) is 11.0. The number of thiophene rings is 1. The van der Waals surface area contributed by atoms with E-state index in [0.717, 1.165) is 18.6 Å².